The van der Waals surface area contributed by atoms with Gasteiger partial charge in [-0.1, -0.05) is 6.92 Å². The number of aromatic nitrogens is 3. The molecule has 0 saturated carbocycles. The van der Waals surface area contributed by atoms with E-state index in [1.165, 1.54) is 12.1 Å². The number of nitrogens with one attached hydrogen (secondary N) is 2. The van der Waals surface area contributed by atoms with E-state index in [0.29, 0.717) is 10.8 Å². The van der Waals surface area contributed by atoms with Crippen molar-refractivity contribution in [1.82, 2.24) is 15.0 Å². The van der Waals surface area contributed by atoms with Gasteiger partial charge in [0.25, 0.3) is 5.56 Å². The van der Waals surface area contributed by atoms with Crippen molar-refractivity contribution in [3.05, 3.63) is 52.5 Å². The summed E-state index contributed by atoms with van der Waals surface area (Å²) < 4.78 is 13.7. The normalized spacial score (nSPS) is 11.7. The highest BCUT2D eigenvalue weighted by molar-refractivity contribution is 6.22. The molecule has 0 spiro atoms. The largest absolute Gasteiger partial charge is 0.341 e. The Kier molecular flexibility index (Phi) is 2.76. The summed E-state index contributed by atoms with van der Waals surface area (Å²) in [5.41, 5.74) is 1.40. The molecule has 0 amide bonds. The number of benzene rings is 2. The lowest BCUT2D eigenvalue weighted by Crippen LogP contribution is -2.05. The van der Waals surface area contributed by atoms with Gasteiger partial charge in [0.1, 0.15) is 11.6 Å². The van der Waals surface area contributed by atoms with Crippen LogP contribution in [0.4, 0.5) is 4.39 Å². The Labute approximate surface area is 125 Å². The average molecular weight is 295 g/mol. The molecule has 4 nitrogen and oxygen atoms in total. The van der Waals surface area contributed by atoms with Crippen molar-refractivity contribution in [2.75, 3.05) is 0 Å². The lowest BCUT2D eigenvalue weighted by molar-refractivity contribution is 0.630. The Hall–Kier alpha value is -2.69. The molecule has 0 aliphatic carbocycles. The zero-order chi connectivity index (χ0) is 15.3. The van der Waals surface area contributed by atoms with Gasteiger partial charge in [-0.3, -0.25) is 4.79 Å². The van der Waals surface area contributed by atoms with Gasteiger partial charge < -0.3 is 9.97 Å². The van der Waals surface area contributed by atoms with Crippen LogP contribution in [0.2, 0.25) is 0 Å². The van der Waals surface area contributed by atoms with Crippen LogP contribution in [0.25, 0.3) is 32.6 Å². The van der Waals surface area contributed by atoms with Crippen molar-refractivity contribution in [1.29, 1.82) is 0 Å². The van der Waals surface area contributed by atoms with E-state index in [2.05, 4.69) is 21.9 Å². The van der Waals surface area contributed by atoms with E-state index >= 15 is 0 Å². The summed E-state index contributed by atoms with van der Waals surface area (Å²) in [7, 11) is 0. The number of fused-ring (bicyclic) bond motifs is 6. The quantitative estimate of drug-likeness (QED) is 0.554. The molecule has 4 aromatic rings. The van der Waals surface area contributed by atoms with Crippen molar-refractivity contribution in [3.63, 3.8) is 0 Å². The number of nitrogens with zero attached hydrogens (tertiary/aromatic N) is 1. The van der Waals surface area contributed by atoms with Gasteiger partial charge in [-0.05, 0) is 30.7 Å². The molecule has 0 bridgehead atoms. The zero-order valence-electron chi connectivity index (χ0n) is 12.0. The van der Waals surface area contributed by atoms with Crippen LogP contribution in [0, 0.1) is 5.82 Å². The fourth-order valence-corrected chi connectivity index (χ4v) is 3.05. The number of rotatable bonds is 2. The molecule has 0 fully saturated rings. The van der Waals surface area contributed by atoms with Crippen LogP contribution in [0.15, 0.2) is 35.3 Å². The summed E-state index contributed by atoms with van der Waals surface area (Å²) in [6.45, 7) is 2.09. The third-order valence-electron chi connectivity index (χ3n) is 3.98. The number of imidazole rings is 1. The molecule has 2 aromatic carbocycles. The van der Waals surface area contributed by atoms with Gasteiger partial charge in [-0.25, -0.2) is 9.37 Å². The van der Waals surface area contributed by atoms with Crippen molar-refractivity contribution in [2.45, 2.75) is 19.8 Å². The van der Waals surface area contributed by atoms with Crippen LogP contribution in [0.5, 0.6) is 0 Å². The maximum absolute atomic E-state index is 13.7. The number of aromatic amines is 2. The number of hydrogen-bond donors (Lipinski definition) is 2. The van der Waals surface area contributed by atoms with Crippen molar-refractivity contribution in [3.8, 4) is 0 Å². The molecule has 5 heteroatoms. The molecular weight excluding hydrogens is 281 g/mol. The minimum atomic E-state index is -0.357. The fraction of sp³-hybridized carbons (Fsp3) is 0.176. The van der Waals surface area contributed by atoms with Crippen LogP contribution in [-0.4, -0.2) is 15.0 Å². The molecule has 0 unspecified atom stereocenters. The number of hydrogen-bond acceptors (Lipinski definition) is 2. The van der Waals surface area contributed by atoms with Gasteiger partial charge in [0.05, 0.1) is 16.4 Å². The molecule has 0 atom stereocenters. The zero-order valence-corrected chi connectivity index (χ0v) is 12.0. The fourth-order valence-electron chi connectivity index (χ4n) is 3.05. The second kappa shape index (κ2) is 4.66. The summed E-state index contributed by atoms with van der Waals surface area (Å²) in [5, 5.41) is 2.65. The number of halogens is 1. The van der Waals surface area contributed by atoms with Crippen LogP contribution in [0.1, 0.15) is 19.2 Å². The highest BCUT2D eigenvalue weighted by Gasteiger charge is 2.15. The second-order valence-corrected chi connectivity index (χ2v) is 5.44. The predicted octanol–water partition coefficient (Wildman–Crippen LogP) is 3.65. The van der Waals surface area contributed by atoms with Crippen molar-refractivity contribution in [2.24, 2.45) is 0 Å². The number of H-pyrrole nitrogens is 2. The van der Waals surface area contributed by atoms with Crippen LogP contribution in [0.3, 0.4) is 0 Å². The van der Waals surface area contributed by atoms with Gasteiger partial charge in [-0.2, -0.15) is 0 Å². The maximum atomic E-state index is 13.7. The van der Waals surface area contributed by atoms with E-state index in [9.17, 15) is 9.18 Å². The highest BCUT2D eigenvalue weighted by atomic mass is 19.1. The molecule has 22 heavy (non-hydrogen) atoms. The van der Waals surface area contributed by atoms with Crippen molar-refractivity contribution >= 4 is 32.6 Å². The molecular formula is C17H14FN3O. The average Bonchev–Trinajstić information content (AvgIpc) is 2.91. The summed E-state index contributed by atoms with van der Waals surface area (Å²) >= 11 is 0. The first-order valence-electron chi connectivity index (χ1n) is 7.30. The van der Waals surface area contributed by atoms with E-state index in [-0.39, 0.29) is 11.4 Å². The van der Waals surface area contributed by atoms with E-state index in [0.717, 1.165) is 40.5 Å². The first-order valence-corrected chi connectivity index (χ1v) is 7.30. The summed E-state index contributed by atoms with van der Waals surface area (Å²) in [4.78, 5) is 22.9. The molecule has 0 radical (unpaired) electrons. The molecule has 110 valence electrons. The summed E-state index contributed by atoms with van der Waals surface area (Å²) in [5.74, 6) is 0.528. The summed E-state index contributed by atoms with van der Waals surface area (Å²) in [6, 6.07) is 6.34. The van der Waals surface area contributed by atoms with Crippen LogP contribution in [-0.2, 0) is 6.42 Å². The summed E-state index contributed by atoms with van der Waals surface area (Å²) in [6.07, 6.45) is 3.41. The first kappa shape index (κ1) is 13.0. The van der Waals surface area contributed by atoms with Gasteiger partial charge in [0.15, 0.2) is 0 Å². The highest BCUT2D eigenvalue weighted by Crippen LogP contribution is 2.32. The van der Waals surface area contributed by atoms with Crippen molar-refractivity contribution < 1.29 is 4.39 Å². The third-order valence-corrected chi connectivity index (χ3v) is 3.98. The monoisotopic (exact) mass is 295 g/mol. The minimum Gasteiger partial charge on any atom is -0.341 e. The number of pyridine rings is 1. The first-order chi connectivity index (χ1) is 10.7. The predicted molar refractivity (Wildman–Crippen MR) is 85.7 cm³/mol. The Morgan fingerprint density at radius 1 is 1.18 bits per heavy atom. The smallest absolute Gasteiger partial charge is 0.256 e. The van der Waals surface area contributed by atoms with E-state index in [1.807, 2.05) is 6.07 Å². The van der Waals surface area contributed by atoms with Gasteiger partial charge in [0.2, 0.25) is 0 Å². The van der Waals surface area contributed by atoms with Gasteiger partial charge >= 0.3 is 0 Å². The molecule has 0 saturated heterocycles. The van der Waals surface area contributed by atoms with E-state index in [4.69, 9.17) is 0 Å². The molecule has 0 aliphatic rings. The lowest BCUT2D eigenvalue weighted by atomic mass is 10.0. The van der Waals surface area contributed by atoms with Crippen LogP contribution < -0.4 is 5.56 Å². The minimum absolute atomic E-state index is 0.227. The molecule has 2 aromatic heterocycles. The molecule has 0 aliphatic heterocycles. The van der Waals surface area contributed by atoms with Gasteiger partial charge in [-0.15, -0.1) is 0 Å². The topological polar surface area (TPSA) is 61.5 Å². The third kappa shape index (κ3) is 1.75. The SMILES string of the molecule is CCCc1nc2c3cc[nH]c(=O)c3c3cc(F)ccc3c2[nH]1. The van der Waals surface area contributed by atoms with E-state index in [1.54, 1.807) is 12.3 Å². The van der Waals surface area contributed by atoms with E-state index < -0.39 is 0 Å². The van der Waals surface area contributed by atoms with Gasteiger partial charge in [0, 0.05) is 28.8 Å². The molecule has 2 heterocycles. The second-order valence-electron chi connectivity index (χ2n) is 5.44. The Morgan fingerprint density at radius 2 is 2.05 bits per heavy atom. The number of aryl methyl sites for hydroxylation is 1. The molecule has 2 N–H and O–H groups in total. The standard InChI is InChI=1S/C17H14FN3O/c1-2-3-13-20-15-10-5-4-9(18)8-12(10)14-11(16(15)21-13)6-7-19-17(14)22/h4-8H,2-3H2,1H3,(H,19,22)(H,20,21). The Balaban J connectivity index is 2.31. The van der Waals surface area contributed by atoms with Crippen LogP contribution >= 0.6 is 0 Å². The Bertz CT molecular complexity index is 1080. The molecule has 4 rings (SSSR count). The lowest BCUT2D eigenvalue weighted by Gasteiger charge is -2.05. The maximum Gasteiger partial charge on any atom is 0.256 e. The Morgan fingerprint density at radius 3 is 2.86 bits per heavy atom.